The standard InChI is InChI=1S/C19H19ClN2O2S/c1-14(24-17-8-3-2-4-9-17)18(23)22-11-10-21-19(22)25-13-15-6-5-7-16(20)12-15/h2-9,12,14H,10-11,13H2,1H3/t14-/m1/s1. The predicted octanol–water partition coefficient (Wildman–Crippen LogP) is 4.24. The van der Waals surface area contributed by atoms with Crippen LogP contribution in [0.25, 0.3) is 0 Å². The Balaban J connectivity index is 1.59. The van der Waals surface area contributed by atoms with Gasteiger partial charge in [0.05, 0.1) is 6.54 Å². The maximum atomic E-state index is 12.7. The average Bonchev–Trinajstić information content (AvgIpc) is 3.08. The van der Waals surface area contributed by atoms with Gasteiger partial charge in [0.1, 0.15) is 5.75 Å². The van der Waals surface area contributed by atoms with Crippen molar-refractivity contribution in [2.24, 2.45) is 4.99 Å². The van der Waals surface area contributed by atoms with Gasteiger partial charge >= 0.3 is 0 Å². The van der Waals surface area contributed by atoms with E-state index < -0.39 is 6.10 Å². The number of aliphatic imine (C=N–C) groups is 1. The zero-order valence-corrected chi connectivity index (χ0v) is 15.5. The summed E-state index contributed by atoms with van der Waals surface area (Å²) >= 11 is 7.56. The average molecular weight is 375 g/mol. The number of amidine groups is 1. The van der Waals surface area contributed by atoms with Crippen LogP contribution in [0.5, 0.6) is 5.75 Å². The van der Waals surface area contributed by atoms with Crippen molar-refractivity contribution in [2.45, 2.75) is 18.8 Å². The van der Waals surface area contributed by atoms with E-state index in [9.17, 15) is 4.79 Å². The largest absolute Gasteiger partial charge is 0.481 e. The van der Waals surface area contributed by atoms with Crippen molar-refractivity contribution in [3.8, 4) is 5.75 Å². The lowest BCUT2D eigenvalue weighted by Gasteiger charge is -2.22. The number of para-hydroxylation sites is 1. The molecule has 0 saturated carbocycles. The Hall–Kier alpha value is -1.98. The van der Waals surface area contributed by atoms with E-state index in [0.717, 1.165) is 16.5 Å². The van der Waals surface area contributed by atoms with Gasteiger partial charge in [-0.1, -0.05) is 53.7 Å². The lowest BCUT2D eigenvalue weighted by molar-refractivity contribution is -0.133. The normalized spacial score (nSPS) is 15.0. The number of carbonyl (C=O) groups excluding carboxylic acids is 1. The molecular formula is C19H19ClN2O2S. The van der Waals surface area contributed by atoms with Crippen LogP contribution in [0.2, 0.25) is 5.02 Å². The molecule has 0 N–H and O–H groups in total. The Morgan fingerprint density at radius 1 is 1.28 bits per heavy atom. The van der Waals surface area contributed by atoms with Crippen LogP contribution in [-0.2, 0) is 10.5 Å². The molecule has 1 aliphatic rings. The monoisotopic (exact) mass is 374 g/mol. The van der Waals surface area contributed by atoms with Crippen molar-refractivity contribution in [3.63, 3.8) is 0 Å². The summed E-state index contributed by atoms with van der Waals surface area (Å²) in [5.74, 6) is 1.34. The zero-order chi connectivity index (χ0) is 17.6. The summed E-state index contributed by atoms with van der Waals surface area (Å²) < 4.78 is 5.74. The molecule has 130 valence electrons. The first-order chi connectivity index (χ1) is 12.1. The first-order valence-electron chi connectivity index (χ1n) is 8.08. The summed E-state index contributed by atoms with van der Waals surface area (Å²) in [6.45, 7) is 2.99. The number of amides is 1. The molecule has 0 aromatic heterocycles. The van der Waals surface area contributed by atoms with Crippen molar-refractivity contribution < 1.29 is 9.53 Å². The molecule has 1 amide bonds. The Labute approximate surface area is 156 Å². The first kappa shape index (κ1) is 17.8. The van der Waals surface area contributed by atoms with Gasteiger partial charge in [0.2, 0.25) is 0 Å². The summed E-state index contributed by atoms with van der Waals surface area (Å²) in [6, 6.07) is 17.1. The molecule has 1 aliphatic heterocycles. The Bertz CT molecular complexity index is 767. The van der Waals surface area contributed by atoms with Gasteiger partial charge in [-0.2, -0.15) is 0 Å². The van der Waals surface area contributed by atoms with Crippen LogP contribution in [-0.4, -0.2) is 35.2 Å². The van der Waals surface area contributed by atoms with Crippen molar-refractivity contribution in [3.05, 3.63) is 65.2 Å². The Kier molecular flexibility index (Phi) is 6.00. The molecule has 0 fully saturated rings. The maximum Gasteiger partial charge on any atom is 0.269 e. The number of hydrogen-bond donors (Lipinski definition) is 0. The van der Waals surface area contributed by atoms with E-state index in [4.69, 9.17) is 16.3 Å². The molecule has 0 radical (unpaired) electrons. The smallest absolute Gasteiger partial charge is 0.269 e. The summed E-state index contributed by atoms with van der Waals surface area (Å²) in [6.07, 6.45) is -0.558. The number of benzene rings is 2. The van der Waals surface area contributed by atoms with E-state index in [0.29, 0.717) is 23.9 Å². The predicted molar refractivity (Wildman–Crippen MR) is 103 cm³/mol. The molecule has 2 aromatic carbocycles. The summed E-state index contributed by atoms with van der Waals surface area (Å²) in [5.41, 5.74) is 1.10. The molecule has 2 aromatic rings. The van der Waals surface area contributed by atoms with E-state index in [1.807, 2.05) is 54.6 Å². The minimum atomic E-state index is -0.558. The van der Waals surface area contributed by atoms with Gasteiger partial charge < -0.3 is 4.74 Å². The molecule has 25 heavy (non-hydrogen) atoms. The number of rotatable bonds is 5. The Morgan fingerprint density at radius 2 is 2.08 bits per heavy atom. The van der Waals surface area contributed by atoms with Gasteiger partial charge in [-0.25, -0.2) is 0 Å². The highest BCUT2D eigenvalue weighted by Gasteiger charge is 2.29. The summed E-state index contributed by atoms with van der Waals surface area (Å²) in [5, 5.41) is 1.46. The van der Waals surface area contributed by atoms with Crippen molar-refractivity contribution in [1.82, 2.24) is 4.90 Å². The molecule has 0 spiro atoms. The molecule has 3 rings (SSSR count). The minimum absolute atomic E-state index is 0.0707. The molecule has 0 bridgehead atoms. The van der Waals surface area contributed by atoms with E-state index in [1.165, 1.54) is 0 Å². The molecule has 4 nitrogen and oxygen atoms in total. The number of halogens is 1. The maximum absolute atomic E-state index is 12.7. The third-order valence-corrected chi connectivity index (χ3v) is 5.05. The first-order valence-corrected chi connectivity index (χ1v) is 9.44. The van der Waals surface area contributed by atoms with E-state index in [2.05, 4.69) is 4.99 Å². The summed E-state index contributed by atoms with van der Waals surface area (Å²) in [4.78, 5) is 18.9. The van der Waals surface area contributed by atoms with Crippen molar-refractivity contribution >= 4 is 34.4 Å². The fourth-order valence-electron chi connectivity index (χ4n) is 2.50. The lowest BCUT2D eigenvalue weighted by Crippen LogP contribution is -2.41. The van der Waals surface area contributed by atoms with Gasteiger partial charge in [-0.3, -0.25) is 14.7 Å². The van der Waals surface area contributed by atoms with E-state index >= 15 is 0 Å². The van der Waals surface area contributed by atoms with Gasteiger partial charge in [-0.15, -0.1) is 0 Å². The molecule has 0 aliphatic carbocycles. The van der Waals surface area contributed by atoms with Crippen LogP contribution >= 0.6 is 23.4 Å². The zero-order valence-electron chi connectivity index (χ0n) is 13.9. The van der Waals surface area contributed by atoms with Gasteiger partial charge in [0.15, 0.2) is 11.3 Å². The van der Waals surface area contributed by atoms with Crippen LogP contribution in [0.3, 0.4) is 0 Å². The number of thioether (sulfide) groups is 1. The number of hydrogen-bond acceptors (Lipinski definition) is 4. The second-order valence-electron chi connectivity index (χ2n) is 5.65. The Morgan fingerprint density at radius 3 is 2.84 bits per heavy atom. The number of nitrogens with zero attached hydrogens (tertiary/aromatic N) is 2. The number of ether oxygens (including phenoxy) is 1. The van der Waals surface area contributed by atoms with Crippen molar-refractivity contribution in [1.29, 1.82) is 0 Å². The highest BCUT2D eigenvalue weighted by Crippen LogP contribution is 2.22. The summed E-state index contributed by atoms with van der Waals surface area (Å²) in [7, 11) is 0. The minimum Gasteiger partial charge on any atom is -0.481 e. The fourth-order valence-corrected chi connectivity index (χ4v) is 3.71. The van der Waals surface area contributed by atoms with Crippen LogP contribution in [0.15, 0.2) is 59.6 Å². The number of carbonyl (C=O) groups is 1. The topological polar surface area (TPSA) is 41.9 Å². The molecular weight excluding hydrogens is 356 g/mol. The lowest BCUT2D eigenvalue weighted by atomic mass is 10.2. The van der Waals surface area contributed by atoms with Crippen LogP contribution in [0.1, 0.15) is 12.5 Å². The quantitative estimate of drug-likeness (QED) is 0.786. The van der Waals surface area contributed by atoms with Crippen LogP contribution in [0, 0.1) is 0 Å². The second-order valence-corrected chi connectivity index (χ2v) is 7.02. The highest BCUT2D eigenvalue weighted by molar-refractivity contribution is 8.13. The van der Waals surface area contributed by atoms with E-state index in [1.54, 1.807) is 23.6 Å². The third kappa shape index (κ3) is 4.77. The van der Waals surface area contributed by atoms with E-state index in [-0.39, 0.29) is 5.91 Å². The van der Waals surface area contributed by atoms with Gasteiger partial charge in [0.25, 0.3) is 5.91 Å². The second kappa shape index (κ2) is 8.41. The SMILES string of the molecule is C[C@@H](Oc1ccccc1)C(=O)N1CCN=C1SCc1cccc(Cl)c1. The molecule has 6 heteroatoms. The molecule has 1 heterocycles. The van der Waals surface area contributed by atoms with Gasteiger partial charge in [0, 0.05) is 17.3 Å². The molecule has 0 unspecified atom stereocenters. The third-order valence-electron chi connectivity index (χ3n) is 3.73. The molecule has 0 saturated heterocycles. The molecule has 1 atom stereocenters. The van der Waals surface area contributed by atoms with Crippen LogP contribution in [0.4, 0.5) is 0 Å². The fraction of sp³-hybridized carbons (Fsp3) is 0.263. The van der Waals surface area contributed by atoms with Crippen molar-refractivity contribution in [2.75, 3.05) is 13.1 Å². The van der Waals surface area contributed by atoms with Gasteiger partial charge in [-0.05, 0) is 36.8 Å². The highest BCUT2D eigenvalue weighted by atomic mass is 35.5. The van der Waals surface area contributed by atoms with Crippen LogP contribution < -0.4 is 4.74 Å².